The van der Waals surface area contributed by atoms with Crippen molar-refractivity contribution in [1.29, 1.82) is 0 Å². The number of anilines is 1. The second-order valence-corrected chi connectivity index (χ2v) is 9.87. The van der Waals surface area contributed by atoms with Gasteiger partial charge in [-0.3, -0.25) is 24.8 Å². The summed E-state index contributed by atoms with van der Waals surface area (Å²) in [5.74, 6) is 0.868. The van der Waals surface area contributed by atoms with Gasteiger partial charge in [0.15, 0.2) is 16.8 Å². The zero-order valence-electron chi connectivity index (χ0n) is 20.5. The summed E-state index contributed by atoms with van der Waals surface area (Å²) in [6, 6.07) is 10.1. The highest BCUT2D eigenvalue weighted by atomic mass is 35.5. The third-order valence-corrected chi connectivity index (χ3v) is 7.37. The molecule has 0 spiro atoms. The van der Waals surface area contributed by atoms with Crippen LogP contribution in [-0.2, 0) is 4.79 Å². The van der Waals surface area contributed by atoms with Gasteiger partial charge in [-0.2, -0.15) is 0 Å². The first-order valence-electron chi connectivity index (χ1n) is 11.8. The van der Waals surface area contributed by atoms with Crippen LogP contribution in [0.3, 0.4) is 0 Å². The lowest BCUT2D eigenvalue weighted by molar-refractivity contribution is -0.132. The predicted molar refractivity (Wildman–Crippen MR) is 140 cm³/mol. The molecule has 0 bridgehead atoms. The largest absolute Gasteiger partial charge is 0.497 e. The van der Waals surface area contributed by atoms with Crippen molar-refractivity contribution in [3.63, 3.8) is 0 Å². The van der Waals surface area contributed by atoms with Gasteiger partial charge >= 0.3 is 0 Å². The molecule has 1 aromatic carbocycles. The molecule has 1 saturated heterocycles. The molecular weight excluding hydrogens is 516 g/mol. The summed E-state index contributed by atoms with van der Waals surface area (Å²) < 4.78 is 5.11. The average molecular weight is 543 g/mol. The van der Waals surface area contributed by atoms with Gasteiger partial charge in [-0.05, 0) is 49.2 Å². The van der Waals surface area contributed by atoms with Crippen LogP contribution in [0, 0.1) is 0 Å². The number of amides is 2. The third-order valence-electron chi connectivity index (χ3n) is 6.16. The number of likely N-dealkylation sites (tertiary alicyclic amines) is 1. The number of hydrogen-bond acceptors (Lipinski definition) is 9. The molecule has 1 aliphatic heterocycles. The maximum absolute atomic E-state index is 12.7. The molecule has 2 aromatic heterocycles. The molecule has 12 heteroatoms. The van der Waals surface area contributed by atoms with Crippen LogP contribution >= 0.6 is 22.9 Å². The molecule has 0 atom stereocenters. The highest BCUT2D eigenvalue weighted by Gasteiger charge is 2.27. The van der Waals surface area contributed by atoms with E-state index in [2.05, 4.69) is 20.6 Å². The van der Waals surface area contributed by atoms with Gasteiger partial charge in [-0.15, -0.1) is 21.5 Å². The number of benzene rings is 1. The van der Waals surface area contributed by atoms with Crippen LogP contribution in [0.4, 0.5) is 5.82 Å². The van der Waals surface area contributed by atoms with E-state index in [1.54, 1.807) is 60.8 Å². The van der Waals surface area contributed by atoms with Crippen molar-refractivity contribution in [2.75, 3.05) is 32.3 Å². The molecule has 194 valence electrons. The third kappa shape index (κ3) is 6.80. The van der Waals surface area contributed by atoms with Crippen LogP contribution in [0.15, 0.2) is 41.8 Å². The number of aromatic nitrogens is 3. The van der Waals surface area contributed by atoms with Crippen molar-refractivity contribution in [3.8, 4) is 5.75 Å². The van der Waals surface area contributed by atoms with E-state index >= 15 is 0 Å². The molecule has 3 aromatic rings. The SMILES string of the molecule is COc1ccc(C(=O)CCC(=O)N2CCC(c3nc(C(=O)NN(C)c4ccc(Cl)nn4)cs3)CC2)cc1. The first-order chi connectivity index (χ1) is 17.8. The Bertz CT molecular complexity index is 1240. The summed E-state index contributed by atoms with van der Waals surface area (Å²) in [6.45, 7) is 1.19. The molecule has 10 nitrogen and oxygen atoms in total. The van der Waals surface area contributed by atoms with E-state index in [4.69, 9.17) is 16.3 Å². The molecule has 2 amide bonds. The van der Waals surface area contributed by atoms with Crippen LogP contribution in [0.5, 0.6) is 5.75 Å². The molecular formula is C25H27ClN6O4S. The molecule has 1 fully saturated rings. The summed E-state index contributed by atoms with van der Waals surface area (Å²) in [7, 11) is 3.22. The number of methoxy groups -OCH3 is 1. The standard InChI is InChI=1S/C25H27ClN6O4S/c1-31(22-9-8-21(26)28-29-22)30-24(35)19-15-37-25(27-19)17-11-13-32(14-12-17)23(34)10-7-20(33)16-3-5-18(36-2)6-4-16/h3-6,8-9,15,17H,7,10-14H2,1-2H3,(H,30,35). The number of Topliss-reactive ketones (excluding diaryl/α,β-unsaturated/α-hetero) is 1. The maximum atomic E-state index is 12.7. The van der Waals surface area contributed by atoms with E-state index in [9.17, 15) is 14.4 Å². The highest BCUT2D eigenvalue weighted by Crippen LogP contribution is 2.30. The molecule has 0 radical (unpaired) electrons. The molecule has 4 rings (SSSR count). The number of hydrazine groups is 1. The molecule has 0 unspecified atom stereocenters. The van der Waals surface area contributed by atoms with Crippen LogP contribution in [0.25, 0.3) is 0 Å². The van der Waals surface area contributed by atoms with E-state index in [0.29, 0.717) is 35.9 Å². The number of ether oxygens (including phenoxy) is 1. The number of nitrogens with one attached hydrogen (secondary N) is 1. The fourth-order valence-corrected chi connectivity index (χ4v) is 5.08. The van der Waals surface area contributed by atoms with Crippen LogP contribution < -0.4 is 15.2 Å². The molecule has 1 aliphatic rings. The van der Waals surface area contributed by atoms with Crippen molar-refractivity contribution in [2.45, 2.75) is 31.6 Å². The molecule has 0 saturated carbocycles. The van der Waals surface area contributed by atoms with E-state index < -0.39 is 0 Å². The first kappa shape index (κ1) is 26.5. The normalized spacial score (nSPS) is 13.8. The minimum absolute atomic E-state index is 0.0205. The second-order valence-electron chi connectivity index (χ2n) is 8.59. The summed E-state index contributed by atoms with van der Waals surface area (Å²) in [6.07, 6.45) is 1.87. The summed E-state index contributed by atoms with van der Waals surface area (Å²) in [5.41, 5.74) is 3.61. The summed E-state index contributed by atoms with van der Waals surface area (Å²) in [4.78, 5) is 44.1. The Morgan fingerprint density at radius 2 is 1.84 bits per heavy atom. The Balaban J connectivity index is 1.23. The van der Waals surface area contributed by atoms with Crippen LogP contribution in [-0.4, -0.2) is 64.9 Å². The van der Waals surface area contributed by atoms with E-state index in [-0.39, 0.29) is 41.5 Å². The number of ketones is 1. The summed E-state index contributed by atoms with van der Waals surface area (Å²) >= 11 is 7.19. The first-order valence-corrected chi connectivity index (χ1v) is 13.0. The van der Waals surface area contributed by atoms with E-state index in [0.717, 1.165) is 17.8 Å². The van der Waals surface area contributed by atoms with Crippen molar-refractivity contribution in [2.24, 2.45) is 0 Å². The van der Waals surface area contributed by atoms with Gasteiger partial charge < -0.3 is 9.64 Å². The molecule has 1 N–H and O–H groups in total. The molecule has 37 heavy (non-hydrogen) atoms. The van der Waals surface area contributed by atoms with Gasteiger partial charge in [0.05, 0.1) is 12.1 Å². The fourth-order valence-electron chi connectivity index (χ4n) is 4.01. The Morgan fingerprint density at radius 3 is 2.49 bits per heavy atom. The minimum atomic E-state index is -0.351. The Morgan fingerprint density at radius 1 is 1.11 bits per heavy atom. The molecule has 3 heterocycles. The number of piperidine rings is 1. The Labute approximate surface area is 223 Å². The van der Waals surface area contributed by atoms with Crippen molar-refractivity contribution >= 4 is 46.4 Å². The number of carbonyl (C=O) groups is 3. The van der Waals surface area contributed by atoms with Crippen LogP contribution in [0.2, 0.25) is 5.15 Å². The number of rotatable bonds is 9. The van der Waals surface area contributed by atoms with Gasteiger partial charge in [-0.25, -0.2) is 4.98 Å². The Kier molecular flexibility index (Phi) is 8.67. The zero-order chi connectivity index (χ0) is 26.4. The maximum Gasteiger partial charge on any atom is 0.289 e. The number of hydrogen-bond donors (Lipinski definition) is 1. The van der Waals surface area contributed by atoms with Crippen molar-refractivity contribution in [3.05, 3.63) is 63.2 Å². The van der Waals surface area contributed by atoms with Crippen LogP contribution in [0.1, 0.15) is 57.5 Å². The topological polar surface area (TPSA) is 118 Å². The number of nitrogens with zero attached hydrogens (tertiary/aromatic N) is 5. The van der Waals surface area contributed by atoms with Gasteiger partial charge in [0, 0.05) is 49.8 Å². The van der Waals surface area contributed by atoms with Gasteiger partial charge in [0.25, 0.3) is 5.91 Å². The molecule has 0 aliphatic carbocycles. The lowest BCUT2D eigenvalue weighted by Crippen LogP contribution is -2.40. The summed E-state index contributed by atoms with van der Waals surface area (Å²) in [5, 5.41) is 12.0. The predicted octanol–water partition coefficient (Wildman–Crippen LogP) is 3.75. The number of carbonyl (C=O) groups excluding carboxylic acids is 3. The minimum Gasteiger partial charge on any atom is -0.497 e. The lowest BCUT2D eigenvalue weighted by Gasteiger charge is -2.31. The second kappa shape index (κ2) is 12.1. The fraction of sp³-hybridized carbons (Fsp3) is 0.360. The highest BCUT2D eigenvalue weighted by molar-refractivity contribution is 7.09. The lowest BCUT2D eigenvalue weighted by atomic mass is 9.97. The van der Waals surface area contributed by atoms with Gasteiger partial charge in [0.2, 0.25) is 5.91 Å². The average Bonchev–Trinajstić information content (AvgIpc) is 3.42. The monoisotopic (exact) mass is 542 g/mol. The van der Waals surface area contributed by atoms with Gasteiger partial charge in [0.1, 0.15) is 11.4 Å². The van der Waals surface area contributed by atoms with Crippen molar-refractivity contribution < 1.29 is 19.1 Å². The zero-order valence-corrected chi connectivity index (χ0v) is 22.1. The van der Waals surface area contributed by atoms with E-state index in [1.807, 2.05) is 0 Å². The van der Waals surface area contributed by atoms with Gasteiger partial charge in [-0.1, -0.05) is 11.6 Å². The smallest absolute Gasteiger partial charge is 0.289 e. The number of halogens is 1. The number of thiazole rings is 1. The van der Waals surface area contributed by atoms with E-state index in [1.165, 1.54) is 16.3 Å². The quantitative estimate of drug-likeness (QED) is 0.321. The Hall–Kier alpha value is -3.57. The van der Waals surface area contributed by atoms with Crippen molar-refractivity contribution in [1.82, 2.24) is 25.5 Å².